The van der Waals surface area contributed by atoms with Gasteiger partial charge in [0.25, 0.3) is 0 Å². The Kier molecular flexibility index (Phi) is 6.90. The molecule has 1 aliphatic rings. The van der Waals surface area contributed by atoms with Gasteiger partial charge in [-0.15, -0.1) is 0 Å². The van der Waals surface area contributed by atoms with Crippen molar-refractivity contribution in [1.29, 1.82) is 0 Å². The summed E-state index contributed by atoms with van der Waals surface area (Å²) in [5.41, 5.74) is 1.77. The maximum Gasteiger partial charge on any atom is 0.446 e. The van der Waals surface area contributed by atoms with Gasteiger partial charge in [-0.25, -0.2) is 13.4 Å². The monoisotopic (exact) mass is 287 g/mol. The van der Waals surface area contributed by atoms with Crippen molar-refractivity contribution in [3.05, 3.63) is 11.6 Å². The molecule has 1 rings (SSSR count). The molecule has 0 aliphatic carbocycles. The quantitative estimate of drug-likeness (QED) is 0.344. The second-order valence-electron chi connectivity index (χ2n) is 4.43. The molecule has 0 saturated carbocycles. The van der Waals surface area contributed by atoms with Gasteiger partial charge in [0.05, 0.1) is 18.9 Å². The van der Waals surface area contributed by atoms with Gasteiger partial charge in [0.2, 0.25) is 0 Å². The molecule has 1 heterocycles. The maximum absolute atomic E-state index is 11.7. The number of rotatable bonds is 4. The second-order valence-corrected chi connectivity index (χ2v) is 5.66. The van der Waals surface area contributed by atoms with Crippen LogP contribution in [-0.2, 0) is 9.57 Å². The fourth-order valence-electron chi connectivity index (χ4n) is 1.45. The minimum Gasteiger partial charge on any atom is -0.379 e. The van der Waals surface area contributed by atoms with Crippen LogP contribution in [0.3, 0.4) is 0 Å². The Morgan fingerprint density at radius 2 is 2.00 bits per heavy atom. The highest BCUT2D eigenvalue weighted by atomic mass is 32.2. The van der Waals surface area contributed by atoms with E-state index in [1.807, 2.05) is 19.9 Å². The average molecular weight is 287 g/mol. The van der Waals surface area contributed by atoms with E-state index in [1.165, 1.54) is 16.4 Å². The van der Waals surface area contributed by atoms with E-state index in [2.05, 4.69) is 9.46 Å². The lowest BCUT2D eigenvalue weighted by Gasteiger charge is -2.27. The summed E-state index contributed by atoms with van der Waals surface area (Å²) in [6, 6.07) is 0. The third-order valence-electron chi connectivity index (χ3n) is 2.23. The number of hydrogen-bond donors (Lipinski definition) is 0. The molecule has 0 unspecified atom stereocenters. The van der Waals surface area contributed by atoms with Crippen LogP contribution in [0.1, 0.15) is 20.8 Å². The number of carbonyl (C=O) groups excluding carboxylic acids is 1. The number of hydrogen-bond acceptors (Lipinski definition) is 6. The van der Waals surface area contributed by atoms with Crippen LogP contribution in [0.4, 0.5) is 4.79 Å². The fraction of sp³-hybridized carbons (Fsp3) is 0.667. The number of amides is 1. The number of ether oxygens (including phenoxy) is 1. The molecule has 0 atom stereocenters. The maximum atomic E-state index is 11.7. The Balaban J connectivity index is 2.37. The molecular formula is C12H21N3O3S. The smallest absolute Gasteiger partial charge is 0.379 e. The lowest BCUT2D eigenvalue weighted by Crippen LogP contribution is -2.35. The summed E-state index contributed by atoms with van der Waals surface area (Å²) < 4.78 is 8.71. The van der Waals surface area contributed by atoms with E-state index in [4.69, 9.17) is 9.57 Å². The van der Waals surface area contributed by atoms with E-state index >= 15 is 0 Å². The molecule has 0 aromatic heterocycles. The van der Waals surface area contributed by atoms with Gasteiger partial charge < -0.3 is 4.74 Å². The molecule has 0 bridgehead atoms. The van der Waals surface area contributed by atoms with Gasteiger partial charge in [-0.3, -0.25) is 4.84 Å². The highest BCUT2D eigenvalue weighted by Gasteiger charge is 2.18. The van der Waals surface area contributed by atoms with E-state index in [1.54, 1.807) is 14.0 Å². The standard InChI is InChI=1S/C12H21N3O3S/c1-10(2)9-11(3)13-18-12(16)14(4)19-15-5-7-17-8-6-15/h9H,5-8H2,1-4H3. The number of allylic oxidation sites excluding steroid dienone is 2. The van der Waals surface area contributed by atoms with Crippen LogP contribution in [0, 0.1) is 0 Å². The van der Waals surface area contributed by atoms with Crippen molar-refractivity contribution < 1.29 is 14.4 Å². The first-order valence-electron chi connectivity index (χ1n) is 6.14. The number of carbonyl (C=O) groups is 1. The molecule has 1 fully saturated rings. The summed E-state index contributed by atoms with van der Waals surface area (Å²) in [6.45, 7) is 8.67. The zero-order valence-corrected chi connectivity index (χ0v) is 12.7. The summed E-state index contributed by atoms with van der Waals surface area (Å²) >= 11 is 1.32. The van der Waals surface area contributed by atoms with Crippen LogP contribution in [-0.4, -0.2) is 53.8 Å². The summed E-state index contributed by atoms with van der Waals surface area (Å²) in [7, 11) is 1.66. The highest BCUT2D eigenvalue weighted by molar-refractivity contribution is 7.95. The van der Waals surface area contributed by atoms with Gasteiger partial charge in [0, 0.05) is 32.3 Å². The molecular weight excluding hydrogens is 266 g/mol. The molecule has 0 aromatic carbocycles. The predicted molar refractivity (Wildman–Crippen MR) is 76.8 cm³/mol. The Morgan fingerprint density at radius 1 is 1.37 bits per heavy atom. The van der Waals surface area contributed by atoms with Crippen LogP contribution in [0.2, 0.25) is 0 Å². The molecule has 19 heavy (non-hydrogen) atoms. The Bertz CT molecular complexity index is 361. The first-order chi connectivity index (χ1) is 8.99. The Labute approximate surface area is 118 Å². The molecule has 1 amide bonds. The van der Waals surface area contributed by atoms with Crippen molar-refractivity contribution in [2.24, 2.45) is 5.16 Å². The number of nitrogens with zero attached hydrogens (tertiary/aromatic N) is 3. The van der Waals surface area contributed by atoms with Crippen LogP contribution < -0.4 is 0 Å². The van der Waals surface area contributed by atoms with E-state index in [9.17, 15) is 4.79 Å². The van der Waals surface area contributed by atoms with E-state index in [0.29, 0.717) is 18.9 Å². The second kappa shape index (κ2) is 8.19. The summed E-state index contributed by atoms with van der Waals surface area (Å²) in [6.07, 6.45) is 1.36. The van der Waals surface area contributed by atoms with Gasteiger partial charge in [-0.05, 0) is 26.8 Å². The zero-order chi connectivity index (χ0) is 14.3. The third-order valence-corrected chi connectivity index (χ3v) is 3.22. The van der Waals surface area contributed by atoms with Gasteiger partial charge in [-0.2, -0.15) is 0 Å². The van der Waals surface area contributed by atoms with Crippen molar-refractivity contribution in [2.75, 3.05) is 33.4 Å². The third kappa shape index (κ3) is 6.60. The van der Waals surface area contributed by atoms with Gasteiger partial charge >= 0.3 is 6.09 Å². The predicted octanol–water partition coefficient (Wildman–Crippen LogP) is 2.29. The summed E-state index contributed by atoms with van der Waals surface area (Å²) in [4.78, 5) is 16.6. The molecule has 1 saturated heterocycles. The fourth-order valence-corrected chi connectivity index (χ4v) is 2.21. The topological polar surface area (TPSA) is 54.4 Å². The van der Waals surface area contributed by atoms with Gasteiger partial charge in [0.15, 0.2) is 0 Å². The van der Waals surface area contributed by atoms with Gasteiger partial charge in [0.1, 0.15) is 0 Å². The molecule has 1 aliphatic heterocycles. The minimum atomic E-state index is -0.488. The van der Waals surface area contributed by atoms with Crippen molar-refractivity contribution in [1.82, 2.24) is 8.61 Å². The first-order valence-corrected chi connectivity index (χ1v) is 6.87. The van der Waals surface area contributed by atoms with Crippen LogP contribution >= 0.6 is 12.1 Å². The molecule has 0 spiro atoms. The normalized spacial score (nSPS) is 16.9. The van der Waals surface area contributed by atoms with Crippen molar-refractivity contribution in [3.8, 4) is 0 Å². The van der Waals surface area contributed by atoms with Gasteiger partial charge in [-0.1, -0.05) is 10.7 Å². The van der Waals surface area contributed by atoms with Crippen LogP contribution in [0.15, 0.2) is 16.8 Å². The van der Waals surface area contributed by atoms with Crippen molar-refractivity contribution in [3.63, 3.8) is 0 Å². The minimum absolute atomic E-state index is 0.488. The number of morpholine rings is 1. The molecule has 0 aromatic rings. The summed E-state index contributed by atoms with van der Waals surface area (Å²) in [5.74, 6) is 0. The zero-order valence-electron chi connectivity index (χ0n) is 11.9. The van der Waals surface area contributed by atoms with Crippen LogP contribution in [0.5, 0.6) is 0 Å². The molecule has 6 nitrogen and oxygen atoms in total. The molecule has 108 valence electrons. The first kappa shape index (κ1) is 16.0. The van der Waals surface area contributed by atoms with Crippen molar-refractivity contribution >= 4 is 23.9 Å². The van der Waals surface area contributed by atoms with E-state index in [0.717, 1.165) is 18.7 Å². The lowest BCUT2D eigenvalue weighted by molar-refractivity contribution is 0.0753. The largest absolute Gasteiger partial charge is 0.446 e. The molecule has 7 heteroatoms. The molecule has 0 radical (unpaired) electrons. The Hall–Kier alpha value is -1.05. The molecule has 0 N–H and O–H groups in total. The SMILES string of the molecule is CC(C)=CC(C)=NOC(=O)N(C)SN1CCOCC1. The number of oxime groups is 1. The lowest BCUT2D eigenvalue weighted by atomic mass is 10.3. The summed E-state index contributed by atoms with van der Waals surface area (Å²) in [5, 5.41) is 3.77. The highest BCUT2D eigenvalue weighted by Crippen LogP contribution is 2.16. The van der Waals surface area contributed by atoms with Crippen LogP contribution in [0.25, 0.3) is 0 Å². The van der Waals surface area contributed by atoms with E-state index < -0.39 is 6.09 Å². The van der Waals surface area contributed by atoms with Crippen molar-refractivity contribution in [2.45, 2.75) is 20.8 Å². The average Bonchev–Trinajstić information content (AvgIpc) is 2.36. The Morgan fingerprint density at radius 3 is 2.58 bits per heavy atom. The van der Waals surface area contributed by atoms with E-state index in [-0.39, 0.29) is 0 Å².